The first-order valence-electron chi connectivity index (χ1n) is 8.81. The van der Waals surface area contributed by atoms with Gasteiger partial charge < -0.3 is 10.1 Å². The fourth-order valence-corrected chi connectivity index (χ4v) is 4.70. The van der Waals surface area contributed by atoms with Crippen LogP contribution in [0.4, 0.5) is 18.9 Å². The van der Waals surface area contributed by atoms with Crippen LogP contribution in [0.25, 0.3) is 0 Å². The first kappa shape index (κ1) is 22.5. The lowest BCUT2D eigenvalue weighted by molar-refractivity contribution is -0.137. The van der Waals surface area contributed by atoms with Gasteiger partial charge in [0.25, 0.3) is 0 Å². The van der Waals surface area contributed by atoms with Crippen molar-refractivity contribution < 1.29 is 31.1 Å². The number of benzene rings is 1. The second-order valence-electron chi connectivity index (χ2n) is 6.23. The van der Waals surface area contributed by atoms with Gasteiger partial charge >= 0.3 is 6.18 Å². The van der Waals surface area contributed by atoms with Gasteiger partial charge in [0, 0.05) is 19.3 Å². The summed E-state index contributed by atoms with van der Waals surface area (Å²) >= 11 is 0.983. The second-order valence-corrected chi connectivity index (χ2v) is 9.16. The number of ether oxygens (including phenoxy) is 1. The number of carbonyl (C=O) groups excluding carboxylic acids is 1. The van der Waals surface area contributed by atoms with E-state index in [9.17, 15) is 26.4 Å². The molecule has 162 valence electrons. The lowest BCUT2D eigenvalue weighted by atomic mass is 10.1. The summed E-state index contributed by atoms with van der Waals surface area (Å²) < 4.78 is 70.5. The number of pyridine rings is 1. The zero-order chi connectivity index (χ0) is 21.8. The van der Waals surface area contributed by atoms with Crippen molar-refractivity contribution in [1.29, 1.82) is 0 Å². The van der Waals surface area contributed by atoms with Gasteiger partial charge in [-0.15, -0.1) is 0 Å². The molecule has 1 aromatic carbocycles. The number of para-hydroxylation sites is 1. The minimum absolute atomic E-state index is 0.0253. The summed E-state index contributed by atoms with van der Waals surface area (Å²) in [5.41, 5.74) is -1.25. The molecule has 1 fully saturated rings. The van der Waals surface area contributed by atoms with Gasteiger partial charge in [0.2, 0.25) is 15.9 Å². The Kier molecular flexibility index (Phi) is 7.01. The summed E-state index contributed by atoms with van der Waals surface area (Å²) in [6.45, 7) is 1.18. The molecule has 1 aromatic heterocycles. The van der Waals surface area contributed by atoms with Crippen LogP contribution in [0.3, 0.4) is 0 Å². The molecule has 2 heterocycles. The zero-order valence-corrected chi connectivity index (χ0v) is 17.2. The molecule has 0 unspecified atom stereocenters. The fourth-order valence-electron chi connectivity index (χ4n) is 2.71. The van der Waals surface area contributed by atoms with Crippen LogP contribution in [0.15, 0.2) is 52.5 Å². The van der Waals surface area contributed by atoms with Crippen molar-refractivity contribution in [2.45, 2.75) is 16.1 Å². The third-order valence-electron chi connectivity index (χ3n) is 4.17. The number of aromatic nitrogens is 1. The summed E-state index contributed by atoms with van der Waals surface area (Å²) in [7, 11) is -3.67. The Morgan fingerprint density at radius 2 is 1.87 bits per heavy atom. The molecular formula is C18H18F3N3O4S2. The molecule has 0 spiro atoms. The maximum Gasteiger partial charge on any atom is 0.418 e. The molecule has 0 radical (unpaired) electrons. The standard InChI is InChI=1S/C18H18F3N3O4S2/c19-18(20,21)14-3-1-2-4-15(14)23-16(25)12-29-17-6-5-13(11-22-17)30(26,27)24-7-9-28-10-8-24/h1-6,11H,7-10,12H2,(H,23,25). The van der Waals surface area contributed by atoms with Gasteiger partial charge in [-0.05, 0) is 24.3 Å². The highest BCUT2D eigenvalue weighted by Crippen LogP contribution is 2.34. The van der Waals surface area contributed by atoms with Crippen LogP contribution in [0, 0.1) is 0 Å². The van der Waals surface area contributed by atoms with Crippen LogP contribution >= 0.6 is 11.8 Å². The van der Waals surface area contributed by atoms with E-state index in [4.69, 9.17) is 4.74 Å². The van der Waals surface area contributed by atoms with E-state index >= 15 is 0 Å². The van der Waals surface area contributed by atoms with E-state index in [-0.39, 0.29) is 29.4 Å². The Labute approximate surface area is 175 Å². The fraction of sp³-hybridized carbons (Fsp3) is 0.333. The van der Waals surface area contributed by atoms with Gasteiger partial charge in [-0.25, -0.2) is 13.4 Å². The van der Waals surface area contributed by atoms with Gasteiger partial charge in [0.1, 0.15) is 4.90 Å². The van der Waals surface area contributed by atoms with Gasteiger partial charge in [0.15, 0.2) is 0 Å². The first-order chi connectivity index (χ1) is 14.2. The number of hydrogen-bond acceptors (Lipinski definition) is 6. The van der Waals surface area contributed by atoms with E-state index in [2.05, 4.69) is 10.3 Å². The van der Waals surface area contributed by atoms with Crippen LogP contribution in [-0.2, 0) is 25.7 Å². The highest BCUT2D eigenvalue weighted by molar-refractivity contribution is 7.99. The minimum atomic E-state index is -4.58. The Balaban J connectivity index is 1.60. The van der Waals surface area contributed by atoms with Crippen molar-refractivity contribution in [3.63, 3.8) is 0 Å². The Bertz CT molecular complexity index is 992. The maximum atomic E-state index is 13.0. The molecule has 0 bridgehead atoms. The molecule has 0 aliphatic carbocycles. The van der Waals surface area contributed by atoms with Crippen LogP contribution in [-0.4, -0.2) is 55.7 Å². The summed E-state index contributed by atoms with van der Waals surface area (Å²) in [5, 5.41) is 2.61. The largest absolute Gasteiger partial charge is 0.418 e. The van der Waals surface area contributed by atoms with Gasteiger partial charge in [-0.1, -0.05) is 23.9 Å². The Morgan fingerprint density at radius 3 is 2.50 bits per heavy atom. The summed E-state index contributed by atoms with van der Waals surface area (Å²) in [6.07, 6.45) is -3.38. The molecule has 3 rings (SSSR count). The number of halogens is 3. The Hall–Kier alpha value is -2.15. The van der Waals surface area contributed by atoms with Crippen molar-refractivity contribution >= 4 is 33.4 Å². The van der Waals surface area contributed by atoms with Crippen molar-refractivity contribution in [2.24, 2.45) is 0 Å². The maximum absolute atomic E-state index is 13.0. The van der Waals surface area contributed by atoms with E-state index in [1.807, 2.05) is 0 Å². The molecule has 2 aromatic rings. The van der Waals surface area contributed by atoms with Gasteiger partial charge in [0.05, 0.1) is 35.2 Å². The lowest BCUT2D eigenvalue weighted by Crippen LogP contribution is -2.40. The quantitative estimate of drug-likeness (QED) is 0.666. The van der Waals surface area contributed by atoms with Crippen LogP contribution in [0.5, 0.6) is 0 Å². The third-order valence-corrected chi connectivity index (χ3v) is 7.00. The lowest BCUT2D eigenvalue weighted by Gasteiger charge is -2.25. The molecule has 0 saturated carbocycles. The Morgan fingerprint density at radius 1 is 1.17 bits per heavy atom. The number of nitrogens with one attached hydrogen (secondary N) is 1. The average molecular weight is 461 g/mol. The van der Waals surface area contributed by atoms with Crippen LogP contribution in [0.2, 0.25) is 0 Å². The number of alkyl halides is 3. The number of carbonyl (C=O) groups is 1. The number of hydrogen-bond donors (Lipinski definition) is 1. The van der Waals surface area contributed by atoms with Crippen molar-refractivity contribution in [3.8, 4) is 0 Å². The predicted octanol–water partition coefficient (Wildman–Crippen LogP) is 2.85. The molecule has 1 aliphatic rings. The van der Waals surface area contributed by atoms with E-state index in [0.29, 0.717) is 18.2 Å². The van der Waals surface area contributed by atoms with Crippen molar-refractivity contribution in [2.75, 3.05) is 37.4 Å². The molecule has 1 N–H and O–H groups in total. The van der Waals surface area contributed by atoms with Crippen molar-refractivity contribution in [1.82, 2.24) is 9.29 Å². The molecule has 1 amide bonds. The molecule has 30 heavy (non-hydrogen) atoms. The summed E-state index contributed by atoms with van der Waals surface area (Å²) in [6, 6.07) is 7.54. The van der Waals surface area contributed by atoms with Gasteiger partial charge in [-0.3, -0.25) is 4.79 Å². The number of rotatable bonds is 6. The molecule has 0 atom stereocenters. The number of amides is 1. The second kappa shape index (κ2) is 9.33. The molecule has 1 saturated heterocycles. The smallest absolute Gasteiger partial charge is 0.379 e. The third kappa shape index (κ3) is 5.50. The van der Waals surface area contributed by atoms with Crippen LogP contribution in [0.1, 0.15) is 5.56 Å². The monoisotopic (exact) mass is 461 g/mol. The van der Waals surface area contributed by atoms with E-state index in [0.717, 1.165) is 17.8 Å². The summed E-state index contributed by atoms with van der Waals surface area (Å²) in [4.78, 5) is 16.1. The predicted molar refractivity (Wildman–Crippen MR) is 105 cm³/mol. The number of thioether (sulfide) groups is 1. The van der Waals surface area contributed by atoms with Crippen LogP contribution < -0.4 is 5.32 Å². The molecule has 7 nitrogen and oxygen atoms in total. The highest BCUT2D eigenvalue weighted by atomic mass is 32.2. The molecule has 12 heteroatoms. The first-order valence-corrected chi connectivity index (χ1v) is 11.2. The minimum Gasteiger partial charge on any atom is -0.379 e. The highest BCUT2D eigenvalue weighted by Gasteiger charge is 2.33. The van der Waals surface area contributed by atoms with E-state index < -0.39 is 27.7 Å². The van der Waals surface area contributed by atoms with E-state index in [1.54, 1.807) is 0 Å². The zero-order valence-electron chi connectivity index (χ0n) is 15.6. The molecular weight excluding hydrogens is 443 g/mol. The topological polar surface area (TPSA) is 88.6 Å². The van der Waals surface area contributed by atoms with Gasteiger partial charge in [-0.2, -0.15) is 17.5 Å². The number of nitrogens with zero attached hydrogens (tertiary/aromatic N) is 2. The number of sulfonamides is 1. The number of anilines is 1. The number of morpholine rings is 1. The van der Waals surface area contributed by atoms with E-state index in [1.165, 1.54) is 40.8 Å². The summed E-state index contributed by atoms with van der Waals surface area (Å²) in [5.74, 6) is -0.821. The SMILES string of the molecule is O=C(CSc1ccc(S(=O)(=O)N2CCOCC2)cn1)Nc1ccccc1C(F)(F)F. The average Bonchev–Trinajstić information content (AvgIpc) is 2.73. The molecule has 1 aliphatic heterocycles. The normalized spacial score (nSPS) is 15.7. The van der Waals surface area contributed by atoms with Crippen molar-refractivity contribution in [3.05, 3.63) is 48.2 Å².